The fraction of sp³-hybridized carbons (Fsp3) is 0.263. The van der Waals surface area contributed by atoms with Crippen molar-refractivity contribution in [3.63, 3.8) is 0 Å². The summed E-state index contributed by atoms with van der Waals surface area (Å²) in [5.74, 6) is 0. The van der Waals surface area contributed by atoms with E-state index in [4.69, 9.17) is 18.9 Å². The molecule has 2 heterocycles. The van der Waals surface area contributed by atoms with Gasteiger partial charge in [-0.25, -0.2) is 0 Å². The first-order valence-electron chi connectivity index (χ1n) is 32.1. The third kappa shape index (κ3) is 2.56. The molecule has 2 fully saturated rings. The van der Waals surface area contributed by atoms with Gasteiger partial charge in [-0.15, -0.1) is 0 Å². The van der Waals surface area contributed by atoms with Crippen LogP contribution in [0.2, 0.25) is 0 Å². The van der Waals surface area contributed by atoms with E-state index in [1.165, 1.54) is 0 Å². The molecule has 2 saturated heterocycles. The first kappa shape index (κ1) is 40.4. The zero-order chi connectivity index (χ0) is 51.6. The zero-order valence-corrected chi connectivity index (χ0v) is 47.5. The Kier molecular flexibility index (Phi) is 4.88. The number of halogens is 2. The van der Waals surface area contributed by atoms with Gasteiger partial charge in [0, 0.05) is 39.3 Å². The zero-order valence-electron chi connectivity index (χ0n) is 46.0. The maximum atomic E-state index is 6.64. The van der Waals surface area contributed by atoms with Crippen LogP contribution < -0.4 is 36.3 Å². The van der Waals surface area contributed by atoms with E-state index in [1.807, 2.05) is 0 Å². The molecule has 4 spiro atoms. The van der Waals surface area contributed by atoms with Crippen molar-refractivity contribution in [2.45, 2.75) is 21.7 Å². The van der Waals surface area contributed by atoms with E-state index in [1.54, 1.807) is 303 Å². The molecule has 400 valence electrons. The van der Waals surface area contributed by atoms with Crippen molar-refractivity contribution in [1.82, 2.24) is 9.80 Å². The molecule has 4 unspecified atom stereocenters. The van der Waals surface area contributed by atoms with Crippen LogP contribution in [0.3, 0.4) is 0 Å². The highest BCUT2D eigenvalue weighted by Gasteiger charge is 2.76. The largest absolute Gasteiger partial charge is 1.00 e. The normalized spacial score (nSPS) is 25.3. The second-order valence-electron chi connectivity index (χ2n) is 30.2. The molecule has 0 radical (unpaired) electrons. The Morgan fingerprint density at radius 1 is 0.209 bits per heavy atom. The van der Waals surface area contributed by atoms with Crippen molar-refractivity contribution < 1.29 is 55.2 Å². The van der Waals surface area contributed by atoms with E-state index in [-0.39, 0.29) is 46.5 Å². The minimum Gasteiger partial charge on any atom is -1.00 e. The molecule has 0 amide bonds. The fourth-order valence-corrected chi connectivity index (χ4v) is 28.8. The van der Waals surface area contributed by atoms with Crippen LogP contribution in [0.4, 0.5) is 0 Å². The van der Waals surface area contributed by atoms with Gasteiger partial charge in [0.1, 0.15) is 0 Å². The minimum atomic E-state index is -0.235. The van der Waals surface area contributed by atoms with Gasteiger partial charge in [-0.05, 0) is 303 Å². The summed E-state index contributed by atoms with van der Waals surface area (Å²) in [5, 5.41) is 80.9. The summed E-state index contributed by atoms with van der Waals surface area (Å²) in [4.78, 5) is 5.95. The average Bonchev–Trinajstić information content (AvgIpc) is 1.38. The lowest BCUT2D eigenvalue weighted by atomic mass is 9.50. The van der Waals surface area contributed by atoms with E-state index in [0.29, 0.717) is 39.6 Å². The Labute approximate surface area is 492 Å². The Hall–Kier alpha value is -7.02. The van der Waals surface area contributed by atoms with E-state index in [2.05, 4.69) is 21.3 Å². The molecule has 0 aromatic heterocycles. The molecular formula is C76H38Cl2N4O4. The summed E-state index contributed by atoms with van der Waals surface area (Å²) < 4.78 is 25.2. The van der Waals surface area contributed by atoms with Gasteiger partial charge in [-0.2, -0.15) is 0 Å². The number of benzene rings is 16. The van der Waals surface area contributed by atoms with Crippen molar-refractivity contribution in [2.75, 3.05) is 105 Å². The topological polar surface area (TPSA) is 98.7 Å². The molecule has 24 aromatic rings. The van der Waals surface area contributed by atoms with Crippen molar-refractivity contribution in [2.24, 2.45) is 0 Å². The summed E-state index contributed by atoms with van der Waals surface area (Å²) in [6.07, 6.45) is 0. The lowest BCUT2D eigenvalue weighted by Gasteiger charge is -2.50. The van der Waals surface area contributed by atoms with Gasteiger partial charge >= 0.3 is 0 Å². The average molecular weight is 1140 g/mol. The molecular weight excluding hydrogens is 1100 g/mol. The Balaban J connectivity index is 0.00000210. The lowest BCUT2D eigenvalue weighted by Crippen LogP contribution is -3.00. The van der Waals surface area contributed by atoms with Crippen molar-refractivity contribution >= 4 is 259 Å². The van der Waals surface area contributed by atoms with Crippen LogP contribution in [0.1, 0.15) is 44.5 Å². The third-order valence-corrected chi connectivity index (χ3v) is 29.1. The van der Waals surface area contributed by atoms with Gasteiger partial charge in [0.15, 0.2) is 0 Å². The Morgan fingerprint density at radius 3 is 0.500 bits per heavy atom. The van der Waals surface area contributed by atoms with Gasteiger partial charge in [0.05, 0.1) is 87.6 Å². The van der Waals surface area contributed by atoms with Crippen LogP contribution in [0, 0.1) is 0 Å². The number of hydrogen-bond donors (Lipinski definition) is 2. The molecule has 10 heteroatoms. The molecule has 8 aliphatic carbocycles. The predicted octanol–water partition coefficient (Wildman–Crippen LogP) is 6.05. The maximum Gasteiger partial charge on any atom is 0.0977 e. The van der Waals surface area contributed by atoms with Gasteiger partial charge in [0.25, 0.3) is 0 Å². The van der Waals surface area contributed by atoms with Crippen LogP contribution in [-0.2, 0) is 40.6 Å². The van der Waals surface area contributed by atoms with Crippen molar-refractivity contribution in [3.8, 4) is 0 Å². The van der Waals surface area contributed by atoms with E-state index in [9.17, 15) is 0 Å². The highest BCUT2D eigenvalue weighted by molar-refractivity contribution is 6.77. The fourth-order valence-electron chi connectivity index (χ4n) is 28.8. The first-order valence-corrected chi connectivity index (χ1v) is 32.1. The molecule has 24 aromatic carbocycles. The van der Waals surface area contributed by atoms with Crippen LogP contribution >= 0.6 is 0 Å². The number of quaternary nitrogens is 2. The smallest absolute Gasteiger partial charge is 0.0977 e. The second kappa shape index (κ2) is 10.4. The minimum absolute atomic E-state index is 0. The number of hydrogen-bond acceptors (Lipinski definition) is 6. The predicted molar refractivity (Wildman–Crippen MR) is 339 cm³/mol. The number of nitrogens with zero attached hydrogens (tertiary/aromatic N) is 2. The van der Waals surface area contributed by atoms with Crippen LogP contribution in [-0.4, -0.2) is 115 Å². The molecule has 34 rings (SSSR count). The summed E-state index contributed by atoms with van der Waals surface area (Å²) in [5.41, 5.74) is 21.3. The van der Waals surface area contributed by atoms with Crippen LogP contribution in [0.5, 0.6) is 0 Å². The van der Waals surface area contributed by atoms with Gasteiger partial charge in [-0.3, -0.25) is 9.80 Å². The first-order chi connectivity index (χ1) is 41.8. The molecule has 2 aliphatic heterocycles. The van der Waals surface area contributed by atoms with E-state index in [0.717, 1.165) is 65.6 Å². The molecule has 10 aliphatic rings. The molecule has 0 bridgehead atoms. The Morgan fingerprint density at radius 2 is 0.349 bits per heavy atom. The van der Waals surface area contributed by atoms with E-state index < -0.39 is 0 Å². The van der Waals surface area contributed by atoms with Crippen LogP contribution in [0.15, 0.2) is 0 Å². The SMILES string of the molecule is [Cl-].[Cl-].[NH3+]CCOCCOCCN1CC23c4c5c6c7c8c9c(c%10c%11c2c2c4c4c%12c%13c%14c%15c%16c%17c%18c%19c%20c%21c%22c(c%13c4c4c2c2c%11c%11c%10c%10c9c9c%13c8c(c6c%15c5%12)c%16c%13c%18c5c%19c6c%21c(c2c%224)c%11c6c%10c59)C%202CN(CCOCCOCC[NH3+])CC%14%172)C73C1. The van der Waals surface area contributed by atoms with Gasteiger partial charge < -0.3 is 55.2 Å². The molecule has 8 nitrogen and oxygen atoms in total. The maximum absolute atomic E-state index is 6.64. The quantitative estimate of drug-likeness (QED) is 0.0905. The summed E-state index contributed by atoms with van der Waals surface area (Å²) >= 11 is 0. The van der Waals surface area contributed by atoms with Crippen LogP contribution in [0.25, 0.3) is 259 Å². The molecule has 86 heavy (non-hydrogen) atoms. The summed E-state index contributed by atoms with van der Waals surface area (Å²) in [6, 6.07) is 0. The number of likely N-dealkylation sites (tertiary alicyclic amines) is 2. The van der Waals surface area contributed by atoms with Crippen molar-refractivity contribution in [3.05, 3.63) is 44.5 Å². The van der Waals surface area contributed by atoms with Gasteiger partial charge in [0.2, 0.25) is 0 Å². The lowest BCUT2D eigenvalue weighted by molar-refractivity contribution is -0.374. The Bertz CT molecular complexity index is 7090. The standard InChI is InChI=1S/C76H36N4O4.2ClH/c77-1-5-81-9-11-83-7-3-79-13-73-65-49-33-21-19-17-18-20-22-24-29-39-27(20)37(25(17)33)53(65)55(39)67-57-41(29)32-36(24)52-50-34(22)26(18)38-28(19)40-30-23(21)35-31-42(30)58-62-46-43(31)59(69(73)51(35)49)63-47(46)48-45(61(57)71(63)75(67,73)15-79)44(32)60-64(48)72(62)76-16-80(4-8-84-12-10-82-6-2-78)14-74(76,70(52)60)66(50)54(38)56(40)68(58)76;;/h1-16,77-78H2;2*1H. The third-order valence-electron chi connectivity index (χ3n) is 29.1. The number of ether oxygens (including phenoxy) is 4. The monoisotopic (exact) mass is 1140 g/mol. The highest BCUT2D eigenvalue weighted by Crippen LogP contribution is 2.88. The number of rotatable bonds is 16. The van der Waals surface area contributed by atoms with Gasteiger partial charge in [-0.1, -0.05) is 0 Å². The second-order valence-corrected chi connectivity index (χ2v) is 30.2. The van der Waals surface area contributed by atoms with Crippen molar-refractivity contribution in [1.29, 1.82) is 0 Å². The molecule has 6 N–H and O–H groups in total. The molecule has 4 atom stereocenters. The molecule has 0 saturated carbocycles. The highest BCUT2D eigenvalue weighted by atomic mass is 35.5. The summed E-state index contributed by atoms with van der Waals surface area (Å²) in [7, 11) is 0. The summed E-state index contributed by atoms with van der Waals surface area (Å²) in [6.45, 7) is 13.0. The van der Waals surface area contributed by atoms with E-state index >= 15 is 0 Å².